The molecular formula is C18H18F3N3O. The predicted molar refractivity (Wildman–Crippen MR) is 89.3 cm³/mol. The molecule has 0 bridgehead atoms. The van der Waals surface area contributed by atoms with Crippen LogP contribution in [0.1, 0.15) is 26.3 Å². The molecule has 7 heteroatoms. The van der Waals surface area contributed by atoms with Gasteiger partial charge in [-0.25, -0.2) is 4.98 Å². The maximum absolute atomic E-state index is 12.9. The van der Waals surface area contributed by atoms with Crippen LogP contribution in [-0.4, -0.2) is 20.1 Å². The Morgan fingerprint density at radius 1 is 1.08 bits per heavy atom. The molecule has 0 radical (unpaired) electrons. The summed E-state index contributed by atoms with van der Waals surface area (Å²) in [6, 6.07) is 5.30. The summed E-state index contributed by atoms with van der Waals surface area (Å²) < 4.78 is 46.5. The van der Waals surface area contributed by atoms with Crippen molar-refractivity contribution in [1.29, 1.82) is 0 Å². The number of hydrogen-bond acceptors (Lipinski definition) is 3. The summed E-state index contributed by atoms with van der Waals surface area (Å²) in [6.07, 6.45) is -1.21. The van der Waals surface area contributed by atoms with Crippen LogP contribution in [0.5, 0.6) is 5.75 Å². The first-order valence-electron chi connectivity index (χ1n) is 7.73. The van der Waals surface area contributed by atoms with Gasteiger partial charge in [-0.15, -0.1) is 0 Å². The lowest BCUT2D eigenvalue weighted by atomic mass is 10.1. The molecule has 0 fully saturated rings. The van der Waals surface area contributed by atoms with Crippen molar-refractivity contribution in [3.8, 4) is 17.1 Å². The second kappa shape index (κ2) is 5.75. The van der Waals surface area contributed by atoms with Gasteiger partial charge in [-0.1, -0.05) is 0 Å². The second-order valence-corrected chi connectivity index (χ2v) is 6.78. The van der Waals surface area contributed by atoms with Crippen molar-refractivity contribution in [3.63, 3.8) is 0 Å². The molecule has 3 rings (SSSR count). The molecule has 0 unspecified atom stereocenters. The quantitative estimate of drug-likeness (QED) is 0.665. The fourth-order valence-corrected chi connectivity index (χ4v) is 2.59. The minimum absolute atomic E-state index is 0.283. The minimum Gasteiger partial charge on any atom is -0.486 e. The number of benzene rings is 1. The van der Waals surface area contributed by atoms with Gasteiger partial charge in [0.05, 0.1) is 28.4 Å². The van der Waals surface area contributed by atoms with Crippen molar-refractivity contribution >= 4 is 11.0 Å². The lowest BCUT2D eigenvalue weighted by Gasteiger charge is -2.22. The molecule has 0 saturated carbocycles. The number of alkyl halides is 3. The zero-order chi connectivity index (χ0) is 18.4. The monoisotopic (exact) mass is 349 g/mol. The Morgan fingerprint density at radius 3 is 2.44 bits per heavy atom. The summed E-state index contributed by atoms with van der Waals surface area (Å²) in [5, 5.41) is 0. The van der Waals surface area contributed by atoms with E-state index in [2.05, 4.69) is 9.97 Å². The van der Waals surface area contributed by atoms with E-state index in [1.807, 2.05) is 20.8 Å². The van der Waals surface area contributed by atoms with Gasteiger partial charge >= 0.3 is 6.18 Å². The van der Waals surface area contributed by atoms with Crippen molar-refractivity contribution in [2.75, 3.05) is 0 Å². The zero-order valence-electron chi connectivity index (χ0n) is 14.3. The first-order valence-corrected chi connectivity index (χ1v) is 7.73. The smallest absolute Gasteiger partial charge is 0.416 e. The van der Waals surface area contributed by atoms with E-state index >= 15 is 0 Å². The topological polar surface area (TPSA) is 39.9 Å². The normalized spacial score (nSPS) is 12.6. The number of pyridine rings is 1. The molecule has 132 valence electrons. The standard InChI is InChI=1S/C18H18F3N3O/c1-17(2,3)25-15-10-22-8-7-12(15)16-23-13-9-11(18(19,20)21)5-6-14(13)24(16)4/h5-10H,1-4H3. The molecule has 3 aromatic rings. The third kappa shape index (κ3) is 3.45. The number of ether oxygens (including phenoxy) is 1. The van der Waals surface area contributed by atoms with Crippen LogP contribution in [-0.2, 0) is 13.2 Å². The molecule has 0 N–H and O–H groups in total. The summed E-state index contributed by atoms with van der Waals surface area (Å²) in [4.78, 5) is 8.48. The molecule has 0 amide bonds. The molecule has 0 aliphatic rings. The number of hydrogen-bond donors (Lipinski definition) is 0. The highest BCUT2D eigenvalue weighted by molar-refractivity contribution is 5.82. The summed E-state index contributed by atoms with van der Waals surface area (Å²) in [5.41, 5.74) is 0.418. The highest BCUT2D eigenvalue weighted by Gasteiger charge is 2.31. The highest BCUT2D eigenvalue weighted by Crippen LogP contribution is 2.35. The summed E-state index contributed by atoms with van der Waals surface area (Å²) >= 11 is 0. The van der Waals surface area contributed by atoms with Crippen molar-refractivity contribution in [2.45, 2.75) is 32.5 Å². The fraction of sp³-hybridized carbons (Fsp3) is 0.333. The molecule has 4 nitrogen and oxygen atoms in total. The first kappa shape index (κ1) is 17.3. The van der Waals surface area contributed by atoms with Gasteiger partial charge in [-0.3, -0.25) is 4.98 Å². The molecule has 0 atom stereocenters. The Hall–Kier alpha value is -2.57. The molecule has 1 aromatic carbocycles. The van der Waals surface area contributed by atoms with E-state index < -0.39 is 17.3 Å². The molecule has 25 heavy (non-hydrogen) atoms. The molecule has 0 aliphatic carbocycles. The van der Waals surface area contributed by atoms with Crippen molar-refractivity contribution < 1.29 is 17.9 Å². The third-order valence-electron chi connectivity index (χ3n) is 3.65. The number of imidazole rings is 1. The van der Waals surface area contributed by atoms with E-state index in [9.17, 15) is 13.2 Å². The number of rotatable bonds is 2. The van der Waals surface area contributed by atoms with Crippen LogP contribution in [0.15, 0.2) is 36.7 Å². The summed E-state index contributed by atoms with van der Waals surface area (Å²) in [5.74, 6) is 1.06. The Kier molecular flexibility index (Phi) is 3.97. The number of halogens is 3. The molecular weight excluding hydrogens is 331 g/mol. The average Bonchev–Trinajstić information content (AvgIpc) is 2.82. The van der Waals surface area contributed by atoms with Gasteiger partial charge in [0.1, 0.15) is 17.2 Å². The van der Waals surface area contributed by atoms with Gasteiger partial charge in [-0.05, 0) is 45.0 Å². The van der Waals surface area contributed by atoms with Crippen molar-refractivity contribution in [2.24, 2.45) is 7.05 Å². The Balaban J connectivity index is 2.16. The van der Waals surface area contributed by atoms with Crippen LogP contribution in [0.2, 0.25) is 0 Å². The number of aromatic nitrogens is 3. The number of aryl methyl sites for hydroxylation is 1. The molecule has 2 aromatic heterocycles. The van der Waals surface area contributed by atoms with Gasteiger partial charge in [0, 0.05) is 13.2 Å². The first-order chi connectivity index (χ1) is 11.6. The van der Waals surface area contributed by atoms with Crippen LogP contribution in [0.3, 0.4) is 0 Å². The fourth-order valence-electron chi connectivity index (χ4n) is 2.59. The SMILES string of the molecule is Cn1c(-c2ccncc2OC(C)(C)C)nc2cc(C(F)(F)F)ccc21. The van der Waals surface area contributed by atoms with Gasteiger partial charge < -0.3 is 9.30 Å². The maximum atomic E-state index is 12.9. The molecule has 0 aliphatic heterocycles. The lowest BCUT2D eigenvalue weighted by molar-refractivity contribution is -0.137. The Labute approximate surface area is 143 Å². The van der Waals surface area contributed by atoms with Gasteiger partial charge in [0.2, 0.25) is 0 Å². The molecule has 0 spiro atoms. The number of nitrogens with zero attached hydrogens (tertiary/aromatic N) is 3. The summed E-state index contributed by atoms with van der Waals surface area (Å²) in [6.45, 7) is 5.73. The average molecular weight is 349 g/mol. The Bertz CT molecular complexity index is 923. The van der Waals surface area contributed by atoms with Crippen LogP contribution in [0.25, 0.3) is 22.4 Å². The minimum atomic E-state index is -4.40. The van der Waals surface area contributed by atoms with Crippen molar-refractivity contribution in [3.05, 3.63) is 42.2 Å². The maximum Gasteiger partial charge on any atom is 0.416 e. The van der Waals surface area contributed by atoms with Gasteiger partial charge in [0.25, 0.3) is 0 Å². The third-order valence-corrected chi connectivity index (χ3v) is 3.65. The van der Waals surface area contributed by atoms with E-state index in [0.717, 1.165) is 12.1 Å². The zero-order valence-corrected chi connectivity index (χ0v) is 14.3. The lowest BCUT2D eigenvalue weighted by Crippen LogP contribution is -2.23. The Morgan fingerprint density at radius 2 is 1.80 bits per heavy atom. The van der Waals surface area contributed by atoms with Gasteiger partial charge in [0.15, 0.2) is 0 Å². The van der Waals surface area contributed by atoms with Crippen LogP contribution in [0.4, 0.5) is 13.2 Å². The van der Waals surface area contributed by atoms with Crippen LogP contribution >= 0.6 is 0 Å². The van der Waals surface area contributed by atoms with Gasteiger partial charge in [-0.2, -0.15) is 13.2 Å². The van der Waals surface area contributed by atoms with Crippen LogP contribution < -0.4 is 4.74 Å². The van der Waals surface area contributed by atoms with E-state index in [4.69, 9.17) is 4.74 Å². The highest BCUT2D eigenvalue weighted by atomic mass is 19.4. The van der Waals surface area contributed by atoms with Crippen LogP contribution in [0, 0.1) is 0 Å². The molecule has 0 saturated heterocycles. The van der Waals surface area contributed by atoms with E-state index in [1.54, 1.807) is 30.1 Å². The van der Waals surface area contributed by atoms with E-state index in [-0.39, 0.29) is 5.52 Å². The largest absolute Gasteiger partial charge is 0.486 e. The molecule has 2 heterocycles. The van der Waals surface area contributed by atoms with E-state index in [1.165, 1.54) is 6.07 Å². The van der Waals surface area contributed by atoms with Crippen molar-refractivity contribution in [1.82, 2.24) is 14.5 Å². The predicted octanol–water partition coefficient (Wildman–Crippen LogP) is 4.83. The second-order valence-electron chi connectivity index (χ2n) is 6.78. The van der Waals surface area contributed by atoms with E-state index in [0.29, 0.717) is 22.7 Å². The summed E-state index contributed by atoms with van der Waals surface area (Å²) in [7, 11) is 1.76. The number of fused-ring (bicyclic) bond motifs is 1.